The number of benzene rings is 2. The van der Waals surface area contributed by atoms with Crippen LogP contribution in [-0.4, -0.2) is 52.0 Å². The third kappa shape index (κ3) is 4.77. The zero-order chi connectivity index (χ0) is 20.9. The molecular weight excluding hydrogens is 392 g/mol. The van der Waals surface area contributed by atoms with Gasteiger partial charge in [0.25, 0.3) is 0 Å². The highest BCUT2D eigenvalue weighted by Gasteiger charge is 2.28. The van der Waals surface area contributed by atoms with Gasteiger partial charge in [-0.25, -0.2) is 8.42 Å². The summed E-state index contributed by atoms with van der Waals surface area (Å²) in [5.41, 5.74) is 1.24. The van der Waals surface area contributed by atoms with E-state index in [2.05, 4.69) is 5.32 Å². The Labute approximate surface area is 171 Å². The highest BCUT2D eigenvalue weighted by Crippen LogP contribution is 2.31. The van der Waals surface area contributed by atoms with Crippen LogP contribution in [0.4, 0.5) is 5.69 Å². The van der Waals surface area contributed by atoms with Crippen LogP contribution in [0.2, 0.25) is 0 Å². The summed E-state index contributed by atoms with van der Waals surface area (Å²) in [7, 11) is -2.20. The highest BCUT2D eigenvalue weighted by atomic mass is 32.2. The maximum Gasteiger partial charge on any atom is 0.243 e. The van der Waals surface area contributed by atoms with Crippen LogP contribution in [-0.2, 0) is 19.6 Å². The molecule has 7 nitrogen and oxygen atoms in total. The summed E-state index contributed by atoms with van der Waals surface area (Å²) in [5, 5.41) is 2.85. The molecule has 0 radical (unpaired) electrons. The van der Waals surface area contributed by atoms with E-state index in [1.54, 1.807) is 6.07 Å². The first-order chi connectivity index (χ1) is 14.0. The topological polar surface area (TPSA) is 84.9 Å². The molecule has 0 spiro atoms. The maximum absolute atomic E-state index is 13.0. The van der Waals surface area contributed by atoms with Gasteiger partial charge in [-0.05, 0) is 30.2 Å². The van der Waals surface area contributed by atoms with E-state index in [0.29, 0.717) is 44.2 Å². The average molecular weight is 419 g/mol. The van der Waals surface area contributed by atoms with Crippen LogP contribution in [0, 0.1) is 0 Å². The van der Waals surface area contributed by atoms with E-state index in [0.717, 1.165) is 5.56 Å². The first-order valence-electron chi connectivity index (χ1n) is 9.59. The fraction of sp³-hybridized carbons (Fsp3) is 0.381. The van der Waals surface area contributed by atoms with E-state index in [-0.39, 0.29) is 16.7 Å². The lowest BCUT2D eigenvalue weighted by Crippen LogP contribution is -2.40. The molecule has 2 aromatic rings. The highest BCUT2D eigenvalue weighted by molar-refractivity contribution is 7.89. The van der Waals surface area contributed by atoms with Gasteiger partial charge in [0.1, 0.15) is 5.75 Å². The molecule has 29 heavy (non-hydrogen) atoms. The Morgan fingerprint density at radius 1 is 1.17 bits per heavy atom. The van der Waals surface area contributed by atoms with Crippen molar-refractivity contribution in [1.82, 2.24) is 4.31 Å². The first-order valence-corrected chi connectivity index (χ1v) is 11.0. The van der Waals surface area contributed by atoms with Crippen LogP contribution in [0.3, 0.4) is 0 Å². The van der Waals surface area contributed by atoms with Crippen LogP contribution >= 0.6 is 0 Å². The monoisotopic (exact) mass is 418 g/mol. The molecule has 1 amide bonds. The number of amides is 1. The molecule has 2 aromatic carbocycles. The number of hydrogen-bond donors (Lipinski definition) is 1. The lowest BCUT2D eigenvalue weighted by molar-refractivity contribution is -0.117. The Balaban J connectivity index is 1.88. The van der Waals surface area contributed by atoms with Gasteiger partial charge < -0.3 is 14.8 Å². The number of rotatable bonds is 7. The predicted octanol–water partition coefficient (Wildman–Crippen LogP) is 2.85. The molecule has 3 rings (SSSR count). The van der Waals surface area contributed by atoms with E-state index < -0.39 is 10.0 Å². The summed E-state index contributed by atoms with van der Waals surface area (Å²) in [6, 6.07) is 14.0. The van der Waals surface area contributed by atoms with Crippen LogP contribution in [0.15, 0.2) is 53.4 Å². The Morgan fingerprint density at radius 3 is 2.48 bits per heavy atom. The van der Waals surface area contributed by atoms with Gasteiger partial charge in [-0.15, -0.1) is 0 Å². The second-order valence-electron chi connectivity index (χ2n) is 6.74. The van der Waals surface area contributed by atoms with Crippen molar-refractivity contribution in [3.8, 4) is 5.75 Å². The molecule has 0 saturated carbocycles. The van der Waals surface area contributed by atoms with Crippen molar-refractivity contribution >= 4 is 21.6 Å². The van der Waals surface area contributed by atoms with Crippen molar-refractivity contribution in [2.75, 3.05) is 38.7 Å². The second-order valence-corrected chi connectivity index (χ2v) is 8.68. The fourth-order valence-electron chi connectivity index (χ4n) is 3.36. The molecule has 1 fully saturated rings. The molecule has 0 aromatic heterocycles. The van der Waals surface area contributed by atoms with Crippen molar-refractivity contribution in [2.45, 2.75) is 24.2 Å². The van der Waals surface area contributed by atoms with Crippen molar-refractivity contribution in [2.24, 2.45) is 0 Å². The molecule has 1 aliphatic rings. The van der Waals surface area contributed by atoms with Gasteiger partial charge >= 0.3 is 0 Å². The van der Waals surface area contributed by atoms with Crippen LogP contribution in [0.25, 0.3) is 0 Å². The largest absolute Gasteiger partial charge is 0.495 e. The fourth-order valence-corrected chi connectivity index (χ4v) is 4.79. The van der Waals surface area contributed by atoms with E-state index in [1.807, 2.05) is 37.3 Å². The first kappa shape index (κ1) is 21.3. The van der Waals surface area contributed by atoms with Gasteiger partial charge in [0.15, 0.2) is 0 Å². The van der Waals surface area contributed by atoms with Gasteiger partial charge in [0, 0.05) is 13.1 Å². The SMILES string of the molecule is CCC(C(=O)Nc1cc(S(=O)(=O)N2CCOCC2)ccc1OC)c1ccccc1. The summed E-state index contributed by atoms with van der Waals surface area (Å²) in [5.74, 6) is -0.152. The molecule has 1 heterocycles. The summed E-state index contributed by atoms with van der Waals surface area (Å²) in [4.78, 5) is 13.0. The van der Waals surface area contributed by atoms with E-state index in [1.165, 1.54) is 23.5 Å². The summed E-state index contributed by atoms with van der Waals surface area (Å²) >= 11 is 0. The molecule has 0 aliphatic carbocycles. The maximum atomic E-state index is 13.0. The van der Waals surface area contributed by atoms with Gasteiger partial charge in [-0.3, -0.25) is 4.79 Å². The Bertz CT molecular complexity index is 941. The zero-order valence-electron chi connectivity index (χ0n) is 16.6. The number of hydrogen-bond acceptors (Lipinski definition) is 5. The third-order valence-electron chi connectivity index (χ3n) is 4.96. The smallest absolute Gasteiger partial charge is 0.243 e. The number of sulfonamides is 1. The quantitative estimate of drug-likeness (QED) is 0.747. The normalized spacial score (nSPS) is 16.2. The zero-order valence-corrected chi connectivity index (χ0v) is 17.4. The van der Waals surface area contributed by atoms with Crippen LogP contribution in [0.1, 0.15) is 24.8 Å². The molecule has 156 valence electrons. The van der Waals surface area contributed by atoms with Gasteiger partial charge in [0.05, 0.1) is 36.8 Å². The van der Waals surface area contributed by atoms with Gasteiger partial charge in [-0.2, -0.15) is 4.31 Å². The number of morpholine rings is 1. The molecule has 1 N–H and O–H groups in total. The predicted molar refractivity (Wildman–Crippen MR) is 111 cm³/mol. The minimum Gasteiger partial charge on any atom is -0.495 e. The van der Waals surface area contributed by atoms with E-state index in [4.69, 9.17) is 9.47 Å². The minimum atomic E-state index is -3.68. The van der Waals surface area contributed by atoms with Crippen molar-refractivity contribution in [1.29, 1.82) is 0 Å². The lowest BCUT2D eigenvalue weighted by Gasteiger charge is -2.26. The molecule has 1 atom stereocenters. The lowest BCUT2D eigenvalue weighted by atomic mass is 9.95. The van der Waals surface area contributed by atoms with Crippen LogP contribution < -0.4 is 10.1 Å². The number of carbonyl (C=O) groups excluding carboxylic acids is 1. The molecular formula is C21H26N2O5S. The number of ether oxygens (including phenoxy) is 2. The number of nitrogens with one attached hydrogen (secondary N) is 1. The number of methoxy groups -OCH3 is 1. The number of anilines is 1. The summed E-state index contributed by atoms with van der Waals surface area (Å²) in [6.07, 6.45) is 0.615. The van der Waals surface area contributed by atoms with Crippen LogP contribution in [0.5, 0.6) is 5.75 Å². The summed E-state index contributed by atoms with van der Waals surface area (Å²) in [6.45, 7) is 3.29. The number of carbonyl (C=O) groups is 1. The standard InChI is InChI=1S/C21H26N2O5S/c1-3-18(16-7-5-4-6-8-16)21(24)22-19-15-17(9-10-20(19)27-2)29(25,26)23-11-13-28-14-12-23/h4-10,15,18H,3,11-14H2,1-2H3,(H,22,24). The van der Waals surface area contributed by atoms with E-state index in [9.17, 15) is 13.2 Å². The third-order valence-corrected chi connectivity index (χ3v) is 6.86. The van der Waals surface area contributed by atoms with E-state index >= 15 is 0 Å². The number of nitrogens with zero attached hydrogens (tertiary/aromatic N) is 1. The second kappa shape index (κ2) is 9.39. The van der Waals surface area contributed by atoms with Gasteiger partial charge in [0.2, 0.25) is 15.9 Å². The Kier molecular flexibility index (Phi) is 6.89. The summed E-state index contributed by atoms with van der Waals surface area (Å²) < 4.78 is 37.9. The van der Waals surface area contributed by atoms with Crippen molar-refractivity contribution in [3.63, 3.8) is 0 Å². The minimum absolute atomic E-state index is 0.114. The Morgan fingerprint density at radius 2 is 1.86 bits per heavy atom. The van der Waals surface area contributed by atoms with Crippen molar-refractivity contribution < 1.29 is 22.7 Å². The average Bonchev–Trinajstić information content (AvgIpc) is 2.75. The molecule has 1 aliphatic heterocycles. The molecule has 8 heteroatoms. The molecule has 1 saturated heterocycles. The molecule has 1 unspecified atom stereocenters. The van der Waals surface area contributed by atoms with Crippen molar-refractivity contribution in [3.05, 3.63) is 54.1 Å². The van der Waals surface area contributed by atoms with Gasteiger partial charge in [-0.1, -0.05) is 37.3 Å². The Hall–Kier alpha value is -2.42. The molecule has 0 bridgehead atoms.